The summed E-state index contributed by atoms with van der Waals surface area (Å²) in [5.41, 5.74) is -0.497. The Labute approximate surface area is 178 Å². The van der Waals surface area contributed by atoms with E-state index in [4.69, 9.17) is 9.26 Å². The third-order valence-corrected chi connectivity index (χ3v) is 3.17. The summed E-state index contributed by atoms with van der Waals surface area (Å²) in [5, 5.41) is 13.0. The zero-order chi connectivity index (χ0) is 19.6. The number of ether oxygens (including phenoxy) is 1. The Balaban J connectivity index is 0.00000676. The molecule has 1 heterocycles. The molecule has 0 fully saturated rings. The largest absolute Gasteiger partial charge is 0.444 e. The molecule has 27 heavy (non-hydrogen) atoms. The molecule has 1 aromatic heterocycles. The van der Waals surface area contributed by atoms with Gasteiger partial charge in [0.2, 0.25) is 5.89 Å². The predicted octanol–water partition coefficient (Wildman–Crippen LogP) is 2.43. The van der Waals surface area contributed by atoms with Gasteiger partial charge in [0.25, 0.3) is 0 Å². The van der Waals surface area contributed by atoms with E-state index in [1.54, 1.807) is 7.05 Å². The van der Waals surface area contributed by atoms with Gasteiger partial charge in [0.1, 0.15) is 5.60 Å². The molecule has 156 valence electrons. The number of nitrogens with zero attached hydrogens (tertiary/aromatic N) is 3. The number of hydrogen-bond donors (Lipinski definition) is 3. The number of amides is 1. The Kier molecular flexibility index (Phi) is 12.0. The summed E-state index contributed by atoms with van der Waals surface area (Å²) < 4.78 is 10.4. The summed E-state index contributed by atoms with van der Waals surface area (Å²) in [7, 11) is 1.70. The summed E-state index contributed by atoms with van der Waals surface area (Å²) in [4.78, 5) is 20.0. The van der Waals surface area contributed by atoms with Gasteiger partial charge in [0, 0.05) is 39.0 Å². The van der Waals surface area contributed by atoms with Crippen LogP contribution in [0.1, 0.15) is 58.7 Å². The molecule has 0 unspecified atom stereocenters. The van der Waals surface area contributed by atoms with Gasteiger partial charge in [0.05, 0.1) is 0 Å². The van der Waals surface area contributed by atoms with Crippen LogP contribution in [0.25, 0.3) is 0 Å². The molecule has 3 N–H and O–H groups in total. The van der Waals surface area contributed by atoms with E-state index in [0.29, 0.717) is 31.4 Å². The Bertz CT molecular complexity index is 583. The maximum atomic E-state index is 11.5. The van der Waals surface area contributed by atoms with Gasteiger partial charge in [-0.15, -0.1) is 24.0 Å². The number of carbonyl (C=O) groups excluding carboxylic acids is 1. The summed E-state index contributed by atoms with van der Waals surface area (Å²) >= 11 is 0. The van der Waals surface area contributed by atoms with Crippen LogP contribution in [-0.4, -0.2) is 54.5 Å². The minimum atomic E-state index is -0.497. The summed E-state index contributed by atoms with van der Waals surface area (Å²) in [6.45, 7) is 11.2. The lowest BCUT2D eigenvalue weighted by atomic mass is 10.2. The van der Waals surface area contributed by atoms with Crippen molar-refractivity contribution >= 4 is 36.0 Å². The summed E-state index contributed by atoms with van der Waals surface area (Å²) in [6, 6.07) is 0. The maximum Gasteiger partial charge on any atom is 0.407 e. The highest BCUT2D eigenvalue weighted by Crippen LogP contribution is 2.10. The fourth-order valence-electron chi connectivity index (χ4n) is 1.93. The third kappa shape index (κ3) is 11.7. The van der Waals surface area contributed by atoms with Crippen LogP contribution in [0.15, 0.2) is 9.52 Å². The predicted molar refractivity (Wildman–Crippen MR) is 116 cm³/mol. The van der Waals surface area contributed by atoms with Crippen LogP contribution in [0.2, 0.25) is 0 Å². The van der Waals surface area contributed by atoms with Crippen molar-refractivity contribution in [2.24, 2.45) is 4.99 Å². The molecule has 0 radical (unpaired) electrons. The van der Waals surface area contributed by atoms with Gasteiger partial charge < -0.3 is 25.2 Å². The minimum absolute atomic E-state index is 0. The molecule has 0 aliphatic carbocycles. The van der Waals surface area contributed by atoms with E-state index in [2.05, 4.69) is 31.1 Å². The first-order valence-electron chi connectivity index (χ1n) is 8.95. The first-order valence-corrected chi connectivity index (χ1v) is 8.95. The van der Waals surface area contributed by atoms with Gasteiger partial charge in [-0.1, -0.05) is 19.0 Å². The number of aliphatic imine (C=N–C) groups is 1. The molecule has 10 heteroatoms. The second-order valence-corrected chi connectivity index (χ2v) is 7.16. The number of hydrogen-bond acceptors (Lipinski definition) is 6. The number of nitrogens with one attached hydrogen (secondary N) is 3. The zero-order valence-electron chi connectivity index (χ0n) is 17.1. The fourth-order valence-corrected chi connectivity index (χ4v) is 1.93. The molecule has 0 aromatic carbocycles. The Morgan fingerprint density at radius 1 is 1.19 bits per heavy atom. The van der Waals surface area contributed by atoms with Crippen molar-refractivity contribution in [3.05, 3.63) is 11.7 Å². The lowest BCUT2D eigenvalue weighted by Crippen LogP contribution is -2.42. The van der Waals surface area contributed by atoms with Crippen LogP contribution in [0.3, 0.4) is 0 Å². The van der Waals surface area contributed by atoms with Gasteiger partial charge in [-0.25, -0.2) is 4.79 Å². The lowest BCUT2D eigenvalue weighted by Gasteiger charge is -2.19. The first-order chi connectivity index (χ1) is 12.2. The van der Waals surface area contributed by atoms with E-state index in [1.165, 1.54) is 0 Å². The van der Waals surface area contributed by atoms with Crippen LogP contribution in [0.4, 0.5) is 4.79 Å². The van der Waals surface area contributed by atoms with E-state index in [1.807, 2.05) is 34.6 Å². The molecule has 9 nitrogen and oxygen atoms in total. The van der Waals surface area contributed by atoms with E-state index < -0.39 is 11.7 Å². The fraction of sp³-hybridized carbons (Fsp3) is 0.765. The summed E-state index contributed by atoms with van der Waals surface area (Å²) in [5.74, 6) is 2.33. The monoisotopic (exact) mass is 496 g/mol. The number of guanidine groups is 1. The summed E-state index contributed by atoms with van der Waals surface area (Å²) in [6.07, 6.45) is 1.13. The van der Waals surface area contributed by atoms with E-state index >= 15 is 0 Å². The van der Waals surface area contributed by atoms with Gasteiger partial charge in [-0.05, 0) is 27.2 Å². The molecular formula is C17H33IN6O3. The number of aromatic nitrogens is 2. The van der Waals surface area contributed by atoms with Crippen molar-refractivity contribution in [3.63, 3.8) is 0 Å². The molecule has 0 saturated carbocycles. The molecule has 1 amide bonds. The third-order valence-electron chi connectivity index (χ3n) is 3.17. The van der Waals surface area contributed by atoms with Crippen LogP contribution in [-0.2, 0) is 11.2 Å². The molecule has 0 bridgehead atoms. The maximum absolute atomic E-state index is 11.5. The normalized spacial score (nSPS) is 11.7. The van der Waals surface area contributed by atoms with E-state index in [-0.39, 0.29) is 29.9 Å². The second kappa shape index (κ2) is 12.7. The topological polar surface area (TPSA) is 114 Å². The smallest absolute Gasteiger partial charge is 0.407 e. The standard InChI is InChI=1S/C17H32N6O3.HI/c1-12(2)14-22-13(26-23-14)8-7-9-19-15(18-6)20-10-11-21-16(24)25-17(3,4)5;/h12H,7-11H2,1-6H3,(H,21,24)(H2,18,19,20);1H. The first kappa shape index (κ1) is 25.4. The molecule has 0 aliphatic rings. The number of halogens is 1. The van der Waals surface area contributed by atoms with Crippen LogP contribution in [0, 0.1) is 0 Å². The van der Waals surface area contributed by atoms with E-state index in [0.717, 1.165) is 18.8 Å². The highest BCUT2D eigenvalue weighted by molar-refractivity contribution is 14.0. The second-order valence-electron chi connectivity index (χ2n) is 7.16. The number of rotatable bonds is 8. The van der Waals surface area contributed by atoms with Gasteiger partial charge in [-0.2, -0.15) is 4.98 Å². The van der Waals surface area contributed by atoms with Crippen molar-refractivity contribution in [3.8, 4) is 0 Å². The average Bonchev–Trinajstić information content (AvgIpc) is 3.01. The highest BCUT2D eigenvalue weighted by atomic mass is 127. The van der Waals surface area contributed by atoms with Crippen molar-refractivity contribution in [1.29, 1.82) is 0 Å². The van der Waals surface area contributed by atoms with Gasteiger partial charge in [-0.3, -0.25) is 4.99 Å². The lowest BCUT2D eigenvalue weighted by molar-refractivity contribution is 0.0529. The molecule has 1 aromatic rings. The van der Waals surface area contributed by atoms with Crippen molar-refractivity contribution in [2.75, 3.05) is 26.7 Å². The highest BCUT2D eigenvalue weighted by Gasteiger charge is 2.15. The van der Waals surface area contributed by atoms with Crippen molar-refractivity contribution < 1.29 is 14.1 Å². The number of carbonyl (C=O) groups is 1. The Morgan fingerprint density at radius 3 is 2.37 bits per heavy atom. The molecule has 0 spiro atoms. The van der Waals surface area contributed by atoms with E-state index in [9.17, 15) is 4.79 Å². The molecular weight excluding hydrogens is 463 g/mol. The van der Waals surface area contributed by atoms with Crippen LogP contribution < -0.4 is 16.0 Å². The Morgan fingerprint density at radius 2 is 1.81 bits per heavy atom. The molecule has 0 aliphatic heterocycles. The average molecular weight is 496 g/mol. The number of aryl methyl sites for hydroxylation is 1. The molecule has 1 rings (SSSR count). The quantitative estimate of drug-likeness (QED) is 0.219. The van der Waals surface area contributed by atoms with Gasteiger partial charge in [0.15, 0.2) is 11.8 Å². The van der Waals surface area contributed by atoms with Crippen LogP contribution >= 0.6 is 24.0 Å². The zero-order valence-corrected chi connectivity index (χ0v) is 19.4. The van der Waals surface area contributed by atoms with Crippen molar-refractivity contribution in [1.82, 2.24) is 26.1 Å². The number of alkyl carbamates (subject to hydrolysis) is 1. The Hall–Kier alpha value is -1.59. The minimum Gasteiger partial charge on any atom is -0.444 e. The molecule has 0 atom stereocenters. The molecule has 0 saturated heterocycles. The SMILES string of the molecule is CN=C(NCCCc1nc(C(C)C)no1)NCCNC(=O)OC(C)(C)C.I. The van der Waals surface area contributed by atoms with Crippen molar-refractivity contribution in [2.45, 2.75) is 59.0 Å². The van der Waals surface area contributed by atoms with Gasteiger partial charge >= 0.3 is 6.09 Å². The van der Waals surface area contributed by atoms with Crippen LogP contribution in [0.5, 0.6) is 0 Å².